The molecule has 0 radical (unpaired) electrons. The van der Waals surface area contributed by atoms with Crippen LogP contribution in [0.2, 0.25) is 0 Å². The fraction of sp³-hybridized carbons (Fsp3) is 0.278. The lowest BCUT2D eigenvalue weighted by Crippen LogP contribution is -2.35. The lowest BCUT2D eigenvalue weighted by Gasteiger charge is -2.16. The summed E-state index contributed by atoms with van der Waals surface area (Å²) in [6, 6.07) is 8.15. The van der Waals surface area contributed by atoms with E-state index in [-0.39, 0.29) is 11.5 Å². The summed E-state index contributed by atoms with van der Waals surface area (Å²) < 4.78 is 3.01. The number of rotatable bonds is 2. The third kappa shape index (κ3) is 2.44. The molecule has 0 atom stereocenters. The van der Waals surface area contributed by atoms with E-state index in [0.717, 1.165) is 22.2 Å². The molecule has 6 nitrogen and oxygen atoms in total. The number of benzene rings is 1. The monoisotopic (exact) mass is 386 g/mol. The molecular formula is C18H18N4O2S2. The molecule has 1 amide bonds. The number of carbonyl (C=O) groups is 1. The van der Waals surface area contributed by atoms with Crippen LogP contribution >= 0.6 is 23.1 Å². The van der Waals surface area contributed by atoms with E-state index in [1.54, 1.807) is 23.3 Å². The van der Waals surface area contributed by atoms with E-state index in [1.165, 1.54) is 11.3 Å². The minimum atomic E-state index is -0.253. The number of anilines is 1. The molecule has 0 saturated carbocycles. The van der Waals surface area contributed by atoms with Crippen molar-refractivity contribution < 1.29 is 4.79 Å². The second kappa shape index (κ2) is 6.44. The van der Waals surface area contributed by atoms with E-state index in [0.29, 0.717) is 27.0 Å². The standard InChI is InChI=1S/C18H18N4O2S2/c1-4-21-11-8-6-7-9-12(11)25-18(21)14-16(24)22(5-2)17(26-14)13-10(3)19-20-15(13)23/h6-9H,4-5H2,1-3H3,(H,20,23). The van der Waals surface area contributed by atoms with Crippen LogP contribution in [-0.4, -0.2) is 22.7 Å². The van der Waals surface area contributed by atoms with Crippen LogP contribution in [0.15, 0.2) is 39.1 Å². The molecule has 1 aromatic carbocycles. The van der Waals surface area contributed by atoms with Crippen LogP contribution in [0.25, 0.3) is 10.6 Å². The minimum Gasteiger partial charge on any atom is -0.334 e. The SMILES string of the molecule is CCN1C(=c2sc(=C3C(=O)NN=C3C)n(CC)c2=O)Sc2ccccc21. The zero-order valence-corrected chi connectivity index (χ0v) is 16.3. The van der Waals surface area contributed by atoms with Crippen LogP contribution in [0.3, 0.4) is 0 Å². The molecule has 1 aromatic heterocycles. The van der Waals surface area contributed by atoms with E-state index in [4.69, 9.17) is 0 Å². The number of amides is 1. The van der Waals surface area contributed by atoms with Gasteiger partial charge in [-0.2, -0.15) is 5.10 Å². The van der Waals surface area contributed by atoms with Gasteiger partial charge < -0.3 is 4.90 Å². The molecule has 3 heterocycles. The predicted octanol–water partition coefficient (Wildman–Crippen LogP) is 1.28. The van der Waals surface area contributed by atoms with Gasteiger partial charge in [0.2, 0.25) is 0 Å². The lowest BCUT2D eigenvalue weighted by atomic mass is 10.2. The van der Waals surface area contributed by atoms with Crippen molar-refractivity contribution in [3.63, 3.8) is 0 Å². The molecule has 0 saturated heterocycles. The predicted molar refractivity (Wildman–Crippen MR) is 107 cm³/mol. The largest absolute Gasteiger partial charge is 0.334 e. The molecule has 134 valence electrons. The van der Waals surface area contributed by atoms with Crippen molar-refractivity contribution in [3.05, 3.63) is 43.8 Å². The molecule has 2 aromatic rings. The van der Waals surface area contributed by atoms with Crippen LogP contribution in [0.1, 0.15) is 20.8 Å². The Bertz CT molecular complexity index is 1130. The van der Waals surface area contributed by atoms with Gasteiger partial charge in [-0.3, -0.25) is 14.2 Å². The summed E-state index contributed by atoms with van der Waals surface area (Å²) >= 11 is 2.99. The molecule has 2 aliphatic heterocycles. The van der Waals surface area contributed by atoms with Crippen LogP contribution in [-0.2, 0) is 11.3 Å². The Morgan fingerprint density at radius 1 is 1.15 bits per heavy atom. The maximum Gasteiger partial charge on any atom is 0.276 e. The highest BCUT2D eigenvalue weighted by molar-refractivity contribution is 8.08. The highest BCUT2D eigenvalue weighted by Crippen LogP contribution is 2.45. The molecule has 0 aliphatic carbocycles. The third-order valence-corrected chi connectivity index (χ3v) is 6.95. The first-order chi connectivity index (χ1) is 12.6. The smallest absolute Gasteiger partial charge is 0.276 e. The van der Waals surface area contributed by atoms with Gasteiger partial charge in [-0.15, -0.1) is 11.3 Å². The van der Waals surface area contributed by atoms with Crippen molar-refractivity contribution in [2.45, 2.75) is 32.2 Å². The number of nitrogens with zero attached hydrogens (tertiary/aromatic N) is 3. The van der Waals surface area contributed by atoms with Crippen LogP contribution in [0.4, 0.5) is 5.69 Å². The molecule has 0 spiro atoms. The Morgan fingerprint density at radius 2 is 1.92 bits per heavy atom. The summed E-state index contributed by atoms with van der Waals surface area (Å²) in [6.45, 7) is 7.05. The number of nitrogens with one attached hydrogen (secondary N) is 1. The van der Waals surface area contributed by atoms with E-state index in [1.807, 2.05) is 19.1 Å². The molecule has 0 unspecified atom stereocenters. The average Bonchev–Trinajstić information content (AvgIpc) is 3.27. The molecule has 2 aliphatic rings. The molecule has 4 rings (SSSR count). The van der Waals surface area contributed by atoms with Gasteiger partial charge >= 0.3 is 0 Å². The summed E-state index contributed by atoms with van der Waals surface area (Å²) in [5, 5.41) is 4.94. The number of hydrogen-bond acceptors (Lipinski definition) is 6. The van der Waals surface area contributed by atoms with Gasteiger partial charge in [0, 0.05) is 18.0 Å². The number of thiazole rings is 1. The number of aromatic nitrogens is 1. The fourth-order valence-electron chi connectivity index (χ4n) is 3.20. The summed E-state index contributed by atoms with van der Waals surface area (Å²) in [4.78, 5) is 28.6. The fourth-order valence-corrected chi connectivity index (χ4v) is 5.86. The van der Waals surface area contributed by atoms with E-state index < -0.39 is 0 Å². The highest BCUT2D eigenvalue weighted by Gasteiger charge is 2.27. The topological polar surface area (TPSA) is 66.7 Å². The van der Waals surface area contributed by atoms with Crippen molar-refractivity contribution in [2.75, 3.05) is 11.4 Å². The first-order valence-electron chi connectivity index (χ1n) is 8.44. The molecule has 0 fully saturated rings. The minimum absolute atomic E-state index is 0.0544. The van der Waals surface area contributed by atoms with Crippen molar-refractivity contribution in [3.8, 4) is 0 Å². The summed E-state index contributed by atoms with van der Waals surface area (Å²) in [7, 11) is 0. The summed E-state index contributed by atoms with van der Waals surface area (Å²) in [5.41, 5.74) is 4.66. The van der Waals surface area contributed by atoms with Crippen LogP contribution in [0.5, 0.6) is 0 Å². The zero-order chi connectivity index (χ0) is 18.4. The molecule has 1 N–H and O–H groups in total. The van der Waals surface area contributed by atoms with Gasteiger partial charge in [0.1, 0.15) is 14.2 Å². The summed E-state index contributed by atoms with van der Waals surface area (Å²) in [6.07, 6.45) is 0. The number of fused-ring (bicyclic) bond motifs is 1. The number of hydrogen-bond donors (Lipinski definition) is 1. The molecule has 8 heteroatoms. The number of para-hydroxylation sites is 1. The zero-order valence-electron chi connectivity index (χ0n) is 14.7. The Balaban J connectivity index is 2.06. The Kier molecular flexibility index (Phi) is 4.24. The maximum atomic E-state index is 13.1. The second-order valence-electron chi connectivity index (χ2n) is 5.92. The third-order valence-electron chi connectivity index (χ3n) is 4.45. The van der Waals surface area contributed by atoms with E-state index >= 15 is 0 Å². The first kappa shape index (κ1) is 17.1. The van der Waals surface area contributed by atoms with Gasteiger partial charge in [0.15, 0.2) is 0 Å². The Labute approximate surface area is 158 Å². The van der Waals surface area contributed by atoms with Gasteiger partial charge in [0.25, 0.3) is 11.5 Å². The average molecular weight is 387 g/mol. The van der Waals surface area contributed by atoms with Gasteiger partial charge in [-0.25, -0.2) is 5.43 Å². The lowest BCUT2D eigenvalue weighted by molar-refractivity contribution is -0.115. The maximum absolute atomic E-state index is 13.1. The van der Waals surface area contributed by atoms with Crippen molar-refractivity contribution in [1.82, 2.24) is 9.99 Å². The van der Waals surface area contributed by atoms with Crippen molar-refractivity contribution in [2.24, 2.45) is 5.10 Å². The van der Waals surface area contributed by atoms with Gasteiger partial charge in [-0.1, -0.05) is 23.9 Å². The first-order valence-corrected chi connectivity index (χ1v) is 10.1. The van der Waals surface area contributed by atoms with Crippen molar-refractivity contribution >= 4 is 51.0 Å². The van der Waals surface area contributed by atoms with E-state index in [9.17, 15) is 9.59 Å². The number of thioether (sulfide) groups is 1. The molecule has 0 bridgehead atoms. The highest BCUT2D eigenvalue weighted by atomic mass is 32.2. The van der Waals surface area contributed by atoms with E-state index in [2.05, 4.69) is 34.5 Å². The Morgan fingerprint density at radius 3 is 2.58 bits per heavy atom. The van der Waals surface area contributed by atoms with Crippen molar-refractivity contribution in [1.29, 1.82) is 0 Å². The Hall–Kier alpha value is -2.32. The summed E-state index contributed by atoms with van der Waals surface area (Å²) in [5.74, 6) is -0.253. The van der Waals surface area contributed by atoms with Gasteiger partial charge in [-0.05, 0) is 32.9 Å². The number of hydrazone groups is 1. The second-order valence-corrected chi connectivity index (χ2v) is 7.95. The van der Waals surface area contributed by atoms with Crippen LogP contribution in [0, 0.1) is 0 Å². The molecular weight excluding hydrogens is 368 g/mol. The quantitative estimate of drug-likeness (QED) is 0.845. The normalized spacial score (nSPS) is 20.3. The van der Waals surface area contributed by atoms with Crippen LogP contribution < -0.4 is 25.1 Å². The molecule has 26 heavy (non-hydrogen) atoms. The van der Waals surface area contributed by atoms with Gasteiger partial charge in [0.05, 0.1) is 17.0 Å². The number of carbonyl (C=O) groups excluding carboxylic acids is 1.